The average Bonchev–Trinajstić information content (AvgIpc) is 2.99. The third-order valence-corrected chi connectivity index (χ3v) is 4.64. The van der Waals surface area contributed by atoms with Gasteiger partial charge in [0, 0.05) is 44.6 Å². The highest BCUT2D eigenvalue weighted by Crippen LogP contribution is 2.24. The lowest BCUT2D eigenvalue weighted by molar-refractivity contribution is -0.157. The van der Waals surface area contributed by atoms with E-state index in [0.717, 1.165) is 5.82 Å². The van der Waals surface area contributed by atoms with E-state index in [1.54, 1.807) is 24.4 Å². The smallest absolute Gasteiger partial charge is 0.256 e. The van der Waals surface area contributed by atoms with E-state index in [9.17, 15) is 14.3 Å². The van der Waals surface area contributed by atoms with Crippen LogP contribution in [0.2, 0.25) is 0 Å². The normalized spacial score (nSPS) is 20.9. The fraction of sp³-hybridized carbons (Fsp3) is 0.444. The molecular formula is C18H23FN4O2. The van der Waals surface area contributed by atoms with Crippen LogP contribution in [-0.2, 0) is 24.9 Å². The zero-order valence-corrected chi connectivity index (χ0v) is 14.3. The number of aryl methyl sites for hydroxylation is 1. The van der Waals surface area contributed by atoms with E-state index in [1.165, 1.54) is 11.0 Å². The number of nitrogens with zero attached hydrogens (tertiary/aromatic N) is 3. The zero-order chi connectivity index (χ0) is 17.9. The predicted molar refractivity (Wildman–Crippen MR) is 90.9 cm³/mol. The van der Waals surface area contributed by atoms with Crippen molar-refractivity contribution in [2.45, 2.75) is 31.5 Å². The molecule has 1 amide bonds. The highest BCUT2D eigenvalue weighted by molar-refractivity contribution is 5.86. The number of hydrogen-bond donors (Lipinski definition) is 2. The molecule has 1 atom stereocenters. The number of aromatic nitrogens is 2. The fourth-order valence-corrected chi connectivity index (χ4v) is 3.16. The molecule has 7 heteroatoms. The van der Waals surface area contributed by atoms with Crippen molar-refractivity contribution < 1.29 is 14.3 Å². The molecule has 2 aromatic rings. The third kappa shape index (κ3) is 3.88. The first kappa shape index (κ1) is 17.6. The summed E-state index contributed by atoms with van der Waals surface area (Å²) in [5, 5.41) is 13.9. The van der Waals surface area contributed by atoms with Crippen LogP contribution in [0.5, 0.6) is 0 Å². The standard InChI is InChI=1S/C18H23FN4O2/c1-22-10-8-21-16(22)11-20-13-18(25)7-4-9-23(17(18)24)12-14-5-2-3-6-15(14)19/h2-3,5-6,8,10,20,25H,4,7,9,11-13H2,1H3/t18-/m0/s1. The van der Waals surface area contributed by atoms with Crippen molar-refractivity contribution in [2.24, 2.45) is 7.05 Å². The van der Waals surface area contributed by atoms with Crippen molar-refractivity contribution in [3.05, 3.63) is 53.9 Å². The first-order valence-corrected chi connectivity index (χ1v) is 8.42. The summed E-state index contributed by atoms with van der Waals surface area (Å²) < 4.78 is 15.7. The van der Waals surface area contributed by atoms with E-state index in [1.807, 2.05) is 17.8 Å². The van der Waals surface area contributed by atoms with E-state index in [-0.39, 0.29) is 24.8 Å². The molecule has 25 heavy (non-hydrogen) atoms. The molecule has 1 fully saturated rings. The van der Waals surface area contributed by atoms with Crippen LogP contribution in [0.3, 0.4) is 0 Å². The number of benzene rings is 1. The molecule has 1 aromatic heterocycles. The summed E-state index contributed by atoms with van der Waals surface area (Å²) in [6.07, 6.45) is 4.62. The monoisotopic (exact) mass is 346 g/mol. The summed E-state index contributed by atoms with van der Waals surface area (Å²) in [4.78, 5) is 18.4. The maximum absolute atomic E-state index is 13.8. The second-order valence-corrected chi connectivity index (χ2v) is 6.51. The molecule has 2 N–H and O–H groups in total. The van der Waals surface area contributed by atoms with Crippen LogP contribution in [0.25, 0.3) is 0 Å². The Morgan fingerprint density at radius 1 is 1.40 bits per heavy atom. The average molecular weight is 346 g/mol. The van der Waals surface area contributed by atoms with Crippen molar-refractivity contribution >= 4 is 5.91 Å². The second kappa shape index (κ2) is 7.33. The summed E-state index contributed by atoms with van der Waals surface area (Å²) in [5.74, 6) is 0.140. The maximum atomic E-state index is 13.8. The number of likely N-dealkylation sites (tertiary alicyclic amines) is 1. The number of carbonyl (C=O) groups is 1. The van der Waals surface area contributed by atoms with Crippen molar-refractivity contribution in [1.29, 1.82) is 0 Å². The molecule has 2 heterocycles. The van der Waals surface area contributed by atoms with Gasteiger partial charge in [0.2, 0.25) is 0 Å². The summed E-state index contributed by atoms with van der Waals surface area (Å²) >= 11 is 0. The predicted octanol–water partition coefficient (Wildman–Crippen LogP) is 1.20. The number of aliphatic hydroxyl groups is 1. The van der Waals surface area contributed by atoms with Gasteiger partial charge < -0.3 is 19.9 Å². The summed E-state index contributed by atoms with van der Waals surface area (Å²) in [7, 11) is 1.89. The SMILES string of the molecule is Cn1ccnc1CNC[C@@]1(O)CCCN(Cc2ccccc2F)C1=O. The number of halogens is 1. The minimum atomic E-state index is -1.46. The molecule has 0 unspecified atom stereocenters. The molecule has 3 rings (SSSR count). The van der Waals surface area contributed by atoms with E-state index in [4.69, 9.17) is 0 Å². The quantitative estimate of drug-likeness (QED) is 0.825. The maximum Gasteiger partial charge on any atom is 0.256 e. The molecule has 0 bridgehead atoms. The third-order valence-electron chi connectivity index (χ3n) is 4.64. The van der Waals surface area contributed by atoms with Gasteiger partial charge in [-0.2, -0.15) is 0 Å². The molecule has 0 spiro atoms. The second-order valence-electron chi connectivity index (χ2n) is 6.51. The van der Waals surface area contributed by atoms with Crippen LogP contribution >= 0.6 is 0 Å². The summed E-state index contributed by atoms with van der Waals surface area (Å²) in [5.41, 5.74) is -1.00. The van der Waals surface area contributed by atoms with Crippen molar-refractivity contribution in [3.8, 4) is 0 Å². The molecule has 0 radical (unpaired) electrons. The van der Waals surface area contributed by atoms with Gasteiger partial charge in [0.05, 0.1) is 6.54 Å². The highest BCUT2D eigenvalue weighted by Gasteiger charge is 2.41. The first-order valence-electron chi connectivity index (χ1n) is 8.42. The number of nitrogens with one attached hydrogen (secondary N) is 1. The lowest BCUT2D eigenvalue weighted by Crippen LogP contribution is -2.57. The molecule has 1 aromatic carbocycles. The Kier molecular flexibility index (Phi) is 5.15. The molecule has 0 saturated carbocycles. The highest BCUT2D eigenvalue weighted by atomic mass is 19.1. The summed E-state index contributed by atoms with van der Waals surface area (Å²) in [6, 6.07) is 6.40. The van der Waals surface area contributed by atoms with Gasteiger partial charge in [-0.25, -0.2) is 9.37 Å². The molecular weight excluding hydrogens is 323 g/mol. The molecule has 6 nitrogen and oxygen atoms in total. The lowest BCUT2D eigenvalue weighted by atomic mass is 9.91. The van der Waals surface area contributed by atoms with Crippen LogP contribution in [0.15, 0.2) is 36.7 Å². The van der Waals surface area contributed by atoms with Crippen LogP contribution in [0.1, 0.15) is 24.2 Å². The number of amides is 1. The minimum Gasteiger partial charge on any atom is -0.379 e. The number of piperidine rings is 1. The molecule has 0 aliphatic carbocycles. The van der Waals surface area contributed by atoms with Crippen LogP contribution < -0.4 is 5.32 Å². The minimum absolute atomic E-state index is 0.145. The molecule has 1 aliphatic rings. The van der Waals surface area contributed by atoms with Gasteiger partial charge in [-0.1, -0.05) is 18.2 Å². The largest absolute Gasteiger partial charge is 0.379 e. The van der Waals surface area contributed by atoms with E-state index < -0.39 is 5.60 Å². The van der Waals surface area contributed by atoms with E-state index in [2.05, 4.69) is 10.3 Å². The van der Waals surface area contributed by atoms with E-state index >= 15 is 0 Å². The van der Waals surface area contributed by atoms with Crippen molar-refractivity contribution in [2.75, 3.05) is 13.1 Å². The fourth-order valence-electron chi connectivity index (χ4n) is 3.16. The van der Waals surface area contributed by atoms with Crippen LogP contribution in [0, 0.1) is 5.82 Å². The van der Waals surface area contributed by atoms with Crippen molar-refractivity contribution in [3.63, 3.8) is 0 Å². The van der Waals surface area contributed by atoms with Crippen LogP contribution in [0.4, 0.5) is 4.39 Å². The number of rotatable bonds is 6. The number of carbonyl (C=O) groups excluding carboxylic acids is 1. The van der Waals surface area contributed by atoms with Gasteiger partial charge >= 0.3 is 0 Å². The Hall–Kier alpha value is -2.25. The topological polar surface area (TPSA) is 70.4 Å². The number of imidazole rings is 1. The Bertz CT molecular complexity index is 748. The lowest BCUT2D eigenvalue weighted by Gasteiger charge is -2.38. The van der Waals surface area contributed by atoms with Gasteiger partial charge in [0.25, 0.3) is 5.91 Å². The summed E-state index contributed by atoms with van der Waals surface area (Å²) in [6.45, 7) is 1.31. The van der Waals surface area contributed by atoms with Crippen molar-refractivity contribution in [1.82, 2.24) is 19.8 Å². The molecule has 1 saturated heterocycles. The Labute approximate surface area is 146 Å². The first-order chi connectivity index (χ1) is 12.0. The van der Waals surface area contributed by atoms with Gasteiger partial charge in [0.15, 0.2) is 5.60 Å². The molecule has 134 valence electrons. The molecule has 1 aliphatic heterocycles. The zero-order valence-electron chi connectivity index (χ0n) is 14.3. The Balaban J connectivity index is 1.62. The Morgan fingerprint density at radius 2 is 2.20 bits per heavy atom. The Morgan fingerprint density at radius 3 is 2.92 bits per heavy atom. The van der Waals surface area contributed by atoms with Crippen LogP contribution in [-0.4, -0.2) is 44.2 Å². The van der Waals surface area contributed by atoms with Gasteiger partial charge in [-0.05, 0) is 18.9 Å². The van der Waals surface area contributed by atoms with Gasteiger partial charge in [-0.3, -0.25) is 4.79 Å². The van der Waals surface area contributed by atoms with E-state index in [0.29, 0.717) is 31.5 Å². The van der Waals surface area contributed by atoms with Gasteiger partial charge in [0.1, 0.15) is 11.6 Å². The van der Waals surface area contributed by atoms with Gasteiger partial charge in [-0.15, -0.1) is 0 Å². The number of hydrogen-bond acceptors (Lipinski definition) is 4.